The maximum absolute atomic E-state index is 12.5. The number of carbonyl (C=O) groups excluding carboxylic acids is 2. The first-order valence-electron chi connectivity index (χ1n) is 13.3. The molecule has 0 saturated carbocycles. The van der Waals surface area contributed by atoms with Gasteiger partial charge in [-0.25, -0.2) is 0 Å². The average Bonchev–Trinajstić information content (AvgIpc) is 3.15. The van der Waals surface area contributed by atoms with Gasteiger partial charge in [0, 0.05) is 5.56 Å². The Kier molecular flexibility index (Phi) is 9.23. The maximum Gasteiger partial charge on any atom is 0.323 e. The minimum Gasteiger partial charge on any atom is -0.489 e. The number of allylic oxidation sites excluding steroid dienone is 1. The minimum atomic E-state index is -1.24. The number of carboxylic acid groups (broad SMARTS) is 1. The van der Waals surface area contributed by atoms with E-state index in [0.717, 1.165) is 57.7 Å². The number of hydrogen-bond acceptors (Lipinski definition) is 7. The fourth-order valence-corrected chi connectivity index (χ4v) is 6.12. The summed E-state index contributed by atoms with van der Waals surface area (Å²) in [6.07, 6.45) is 5.26. The fourth-order valence-electron chi connectivity index (χ4n) is 4.77. The first-order chi connectivity index (χ1) is 19.3. The SMILES string of the molecule is CC(C)=CCOc1c(C)c(C)c2c(c1C)CCC(C)(COc1ccc(/C=C3\SC(=O)N(CC(=O)O)C3=O)cc1Br)O2. The number of ether oxygens (including phenoxy) is 3. The topological polar surface area (TPSA) is 102 Å². The number of rotatable bonds is 9. The van der Waals surface area contributed by atoms with E-state index in [1.165, 1.54) is 11.1 Å². The Morgan fingerprint density at radius 2 is 1.90 bits per heavy atom. The lowest BCUT2D eigenvalue weighted by Crippen LogP contribution is -2.42. The number of aliphatic carboxylic acids is 1. The Labute approximate surface area is 252 Å². The number of benzene rings is 2. The molecule has 2 heterocycles. The van der Waals surface area contributed by atoms with Gasteiger partial charge in [0.2, 0.25) is 0 Å². The van der Waals surface area contributed by atoms with Gasteiger partial charge in [0.15, 0.2) is 0 Å². The van der Waals surface area contributed by atoms with Crippen LogP contribution in [0.1, 0.15) is 55.0 Å². The summed E-state index contributed by atoms with van der Waals surface area (Å²) in [5.41, 5.74) is 5.79. The molecule has 1 unspecified atom stereocenters. The third kappa shape index (κ3) is 6.81. The number of thioether (sulfide) groups is 1. The molecule has 0 aromatic heterocycles. The molecule has 2 aliphatic rings. The van der Waals surface area contributed by atoms with Gasteiger partial charge in [0.25, 0.3) is 11.1 Å². The summed E-state index contributed by atoms with van der Waals surface area (Å²) in [6, 6.07) is 5.35. The Bertz CT molecular complexity index is 1480. The summed E-state index contributed by atoms with van der Waals surface area (Å²) in [6.45, 7) is 12.6. The molecule has 4 rings (SSSR count). The number of carboxylic acids is 1. The molecular weight excluding hydrogens is 610 g/mol. The molecule has 1 fully saturated rings. The highest BCUT2D eigenvalue weighted by atomic mass is 79.9. The average molecular weight is 645 g/mol. The molecule has 1 N–H and O–H groups in total. The first kappa shape index (κ1) is 30.7. The van der Waals surface area contributed by atoms with Gasteiger partial charge in [-0.2, -0.15) is 0 Å². The van der Waals surface area contributed by atoms with Crippen molar-refractivity contribution in [2.45, 2.75) is 60.0 Å². The van der Waals surface area contributed by atoms with Crippen molar-refractivity contribution >= 4 is 50.9 Å². The summed E-state index contributed by atoms with van der Waals surface area (Å²) in [5.74, 6) is 0.583. The summed E-state index contributed by atoms with van der Waals surface area (Å²) < 4.78 is 19.6. The normalized spacial score (nSPS) is 19.2. The van der Waals surface area contributed by atoms with Crippen LogP contribution in [-0.4, -0.2) is 52.5 Å². The molecule has 41 heavy (non-hydrogen) atoms. The van der Waals surface area contributed by atoms with Gasteiger partial charge in [-0.3, -0.25) is 19.3 Å². The lowest BCUT2D eigenvalue weighted by Gasteiger charge is -2.38. The van der Waals surface area contributed by atoms with Crippen molar-refractivity contribution in [1.29, 1.82) is 0 Å². The molecule has 0 aliphatic carbocycles. The van der Waals surface area contributed by atoms with Crippen LogP contribution in [0.5, 0.6) is 17.2 Å². The summed E-state index contributed by atoms with van der Waals surface area (Å²) >= 11 is 4.27. The molecule has 2 aliphatic heterocycles. The van der Waals surface area contributed by atoms with Crippen molar-refractivity contribution in [2.24, 2.45) is 0 Å². The van der Waals surface area contributed by atoms with Crippen LogP contribution in [0.15, 0.2) is 39.2 Å². The van der Waals surface area contributed by atoms with Crippen LogP contribution in [-0.2, 0) is 16.0 Å². The Hall–Kier alpha value is -3.24. The molecule has 0 spiro atoms. The quantitative estimate of drug-likeness (QED) is 0.230. The molecule has 1 saturated heterocycles. The predicted molar refractivity (Wildman–Crippen MR) is 163 cm³/mol. The summed E-state index contributed by atoms with van der Waals surface area (Å²) in [5, 5.41) is 8.35. The van der Waals surface area contributed by atoms with Crippen molar-refractivity contribution in [3.63, 3.8) is 0 Å². The third-order valence-corrected chi connectivity index (χ3v) is 8.76. The van der Waals surface area contributed by atoms with E-state index in [2.05, 4.69) is 63.5 Å². The monoisotopic (exact) mass is 643 g/mol. The first-order valence-corrected chi connectivity index (χ1v) is 14.9. The van der Waals surface area contributed by atoms with Crippen LogP contribution in [0.4, 0.5) is 4.79 Å². The highest BCUT2D eigenvalue weighted by molar-refractivity contribution is 9.10. The smallest absolute Gasteiger partial charge is 0.323 e. The molecule has 0 bridgehead atoms. The van der Waals surface area contributed by atoms with Gasteiger partial charge in [-0.15, -0.1) is 0 Å². The van der Waals surface area contributed by atoms with E-state index in [1.807, 2.05) is 0 Å². The van der Waals surface area contributed by atoms with Crippen LogP contribution < -0.4 is 14.2 Å². The lowest BCUT2D eigenvalue weighted by atomic mass is 9.87. The highest BCUT2D eigenvalue weighted by Gasteiger charge is 2.37. The third-order valence-electron chi connectivity index (χ3n) is 7.24. The standard InChI is InChI=1S/C31H34BrNO7S/c1-17(2)10-12-38-27-18(3)19(4)28-22(20(27)5)9-11-31(6,40-28)16-39-24-8-7-21(13-23(24)32)14-25-29(36)33(15-26(34)35)30(37)41-25/h7-8,10,13-14H,9,11-12,15-16H2,1-6H3,(H,34,35)/b25-14-. The van der Waals surface area contributed by atoms with Crippen LogP contribution >= 0.6 is 27.7 Å². The molecule has 2 aromatic carbocycles. The molecule has 1 atom stereocenters. The Morgan fingerprint density at radius 3 is 2.56 bits per heavy atom. The number of halogens is 1. The molecule has 0 radical (unpaired) electrons. The van der Waals surface area contributed by atoms with E-state index in [4.69, 9.17) is 19.3 Å². The Morgan fingerprint density at radius 1 is 1.17 bits per heavy atom. The zero-order valence-electron chi connectivity index (χ0n) is 24.1. The van der Waals surface area contributed by atoms with Crippen LogP contribution in [0.3, 0.4) is 0 Å². The second-order valence-corrected chi connectivity index (χ2v) is 12.6. The van der Waals surface area contributed by atoms with Crippen molar-refractivity contribution in [2.75, 3.05) is 19.8 Å². The predicted octanol–water partition coefficient (Wildman–Crippen LogP) is 7.00. The van der Waals surface area contributed by atoms with E-state index >= 15 is 0 Å². The Balaban J connectivity index is 1.46. The number of amides is 2. The molecule has 8 nitrogen and oxygen atoms in total. The molecule has 2 aromatic rings. The van der Waals surface area contributed by atoms with Crippen molar-refractivity contribution < 1.29 is 33.7 Å². The fraction of sp³-hybridized carbons (Fsp3) is 0.387. The summed E-state index contributed by atoms with van der Waals surface area (Å²) in [7, 11) is 0. The zero-order chi connectivity index (χ0) is 30.1. The second-order valence-electron chi connectivity index (χ2n) is 10.8. The zero-order valence-corrected chi connectivity index (χ0v) is 26.5. The van der Waals surface area contributed by atoms with Gasteiger partial charge in [-0.1, -0.05) is 11.6 Å². The summed E-state index contributed by atoms with van der Waals surface area (Å²) in [4.78, 5) is 36.3. The highest BCUT2D eigenvalue weighted by Crippen LogP contribution is 2.44. The minimum absolute atomic E-state index is 0.171. The van der Waals surface area contributed by atoms with Gasteiger partial charge in [0.1, 0.15) is 42.6 Å². The van der Waals surface area contributed by atoms with Crippen molar-refractivity contribution in [3.05, 3.63) is 67.0 Å². The van der Waals surface area contributed by atoms with Crippen molar-refractivity contribution in [3.8, 4) is 17.2 Å². The van der Waals surface area contributed by atoms with Gasteiger partial charge in [0.05, 0.1) is 9.38 Å². The van der Waals surface area contributed by atoms with E-state index in [9.17, 15) is 14.4 Å². The van der Waals surface area contributed by atoms with Gasteiger partial charge < -0.3 is 19.3 Å². The van der Waals surface area contributed by atoms with Crippen LogP contribution in [0, 0.1) is 20.8 Å². The number of fused-ring (bicyclic) bond motifs is 1. The number of nitrogens with zero attached hydrogens (tertiary/aromatic N) is 1. The van der Waals surface area contributed by atoms with E-state index in [0.29, 0.717) is 29.0 Å². The van der Waals surface area contributed by atoms with Crippen LogP contribution in [0.2, 0.25) is 0 Å². The largest absolute Gasteiger partial charge is 0.489 e. The number of imide groups is 1. The van der Waals surface area contributed by atoms with E-state index in [1.54, 1.807) is 24.3 Å². The molecule has 10 heteroatoms. The molecule has 2 amide bonds. The van der Waals surface area contributed by atoms with E-state index in [-0.39, 0.29) is 4.91 Å². The number of carbonyl (C=O) groups is 3. The lowest BCUT2D eigenvalue weighted by molar-refractivity contribution is -0.140. The van der Waals surface area contributed by atoms with E-state index < -0.39 is 29.3 Å². The second kappa shape index (κ2) is 12.3. The maximum atomic E-state index is 12.5. The number of hydrogen-bond donors (Lipinski definition) is 1. The van der Waals surface area contributed by atoms with Gasteiger partial charge in [-0.05, 0) is 129 Å². The van der Waals surface area contributed by atoms with Crippen LogP contribution in [0.25, 0.3) is 6.08 Å². The molecule has 218 valence electrons. The molecular formula is C31H34BrNO7S. The van der Waals surface area contributed by atoms with Gasteiger partial charge >= 0.3 is 5.97 Å². The van der Waals surface area contributed by atoms with Crippen molar-refractivity contribution in [1.82, 2.24) is 4.90 Å².